The molecule has 1 atom stereocenters. The van der Waals surface area contributed by atoms with E-state index >= 15 is 0 Å². The van der Waals surface area contributed by atoms with Gasteiger partial charge in [-0.2, -0.15) is 0 Å². The highest BCUT2D eigenvalue weighted by Gasteiger charge is 2.33. The third kappa shape index (κ3) is 8.71. The van der Waals surface area contributed by atoms with Crippen molar-refractivity contribution in [2.24, 2.45) is 0 Å². The van der Waals surface area contributed by atoms with Crippen molar-refractivity contribution in [3.05, 3.63) is 88.9 Å². The summed E-state index contributed by atoms with van der Waals surface area (Å²) in [5, 5.41) is 3.40. The van der Waals surface area contributed by atoms with Crippen LogP contribution in [0.25, 0.3) is 0 Å². The number of carbonyl (C=O) groups is 2. The van der Waals surface area contributed by atoms with Gasteiger partial charge in [0.05, 0.1) is 17.2 Å². The molecule has 0 saturated carbocycles. The molecule has 0 aliphatic carbocycles. The molecular weight excluding hydrogens is 562 g/mol. The Labute approximate surface area is 248 Å². The maximum atomic E-state index is 14.0. The van der Waals surface area contributed by atoms with Crippen molar-refractivity contribution in [2.75, 3.05) is 17.5 Å². The molecule has 0 saturated heterocycles. The number of ether oxygens (including phenoxy) is 1. The number of hydrogen-bond acceptors (Lipinski definition) is 5. The van der Waals surface area contributed by atoms with Gasteiger partial charge < -0.3 is 15.0 Å². The first-order valence-electron chi connectivity index (χ1n) is 13.4. The number of nitrogens with one attached hydrogen (secondary N) is 1. The zero-order valence-corrected chi connectivity index (χ0v) is 25.9. The van der Waals surface area contributed by atoms with Gasteiger partial charge in [-0.15, -0.1) is 0 Å². The maximum Gasteiger partial charge on any atom is 0.264 e. The Morgan fingerprint density at radius 2 is 1.63 bits per heavy atom. The van der Waals surface area contributed by atoms with Crippen molar-refractivity contribution in [1.29, 1.82) is 0 Å². The summed E-state index contributed by atoms with van der Waals surface area (Å²) in [6, 6.07) is 19.0. The van der Waals surface area contributed by atoms with Gasteiger partial charge in [-0.05, 0) is 95.6 Å². The normalized spacial score (nSPS) is 12.4. The number of hydrogen-bond donors (Lipinski definition) is 1. The third-order valence-corrected chi connectivity index (χ3v) is 8.25. The summed E-state index contributed by atoms with van der Waals surface area (Å²) in [5.74, 6) is -0.364. The predicted octanol–water partition coefficient (Wildman–Crippen LogP) is 5.57. The van der Waals surface area contributed by atoms with Crippen LogP contribution in [0.2, 0.25) is 5.02 Å². The fraction of sp³-hybridized carbons (Fsp3) is 0.355. The van der Waals surface area contributed by atoms with Gasteiger partial charge in [0, 0.05) is 17.1 Å². The second kappa shape index (κ2) is 13.4. The molecule has 220 valence electrons. The van der Waals surface area contributed by atoms with Gasteiger partial charge in [0.25, 0.3) is 10.0 Å². The largest absolute Gasteiger partial charge is 0.494 e. The van der Waals surface area contributed by atoms with Crippen LogP contribution in [0.5, 0.6) is 5.75 Å². The van der Waals surface area contributed by atoms with E-state index in [-0.39, 0.29) is 17.3 Å². The SMILES string of the molecule is CCOc1ccc(S(=O)(=O)N(CC(=O)N(Cc2cccc(Cl)c2)C(C)C(=O)NC(C)(C)C)c2ccc(C)cc2)cc1. The molecule has 3 aromatic rings. The first-order valence-corrected chi connectivity index (χ1v) is 15.2. The van der Waals surface area contributed by atoms with Gasteiger partial charge in [-0.25, -0.2) is 8.42 Å². The highest BCUT2D eigenvalue weighted by atomic mass is 35.5. The van der Waals surface area contributed by atoms with Crippen molar-refractivity contribution >= 4 is 39.1 Å². The van der Waals surface area contributed by atoms with Crippen molar-refractivity contribution in [1.82, 2.24) is 10.2 Å². The monoisotopic (exact) mass is 599 g/mol. The minimum Gasteiger partial charge on any atom is -0.494 e. The average molecular weight is 600 g/mol. The van der Waals surface area contributed by atoms with E-state index in [4.69, 9.17) is 16.3 Å². The molecule has 0 aliphatic rings. The van der Waals surface area contributed by atoms with Gasteiger partial charge in [-0.3, -0.25) is 13.9 Å². The van der Waals surface area contributed by atoms with Crippen molar-refractivity contribution in [3.63, 3.8) is 0 Å². The summed E-state index contributed by atoms with van der Waals surface area (Å²) in [6.45, 7) is 10.9. The van der Waals surface area contributed by atoms with Crippen molar-refractivity contribution in [3.8, 4) is 5.75 Å². The minimum atomic E-state index is -4.17. The van der Waals surface area contributed by atoms with Gasteiger partial charge in [0.15, 0.2) is 0 Å². The Balaban J connectivity index is 2.03. The third-order valence-electron chi connectivity index (χ3n) is 6.23. The van der Waals surface area contributed by atoms with Gasteiger partial charge in [0.1, 0.15) is 18.3 Å². The molecule has 41 heavy (non-hydrogen) atoms. The number of benzene rings is 3. The van der Waals surface area contributed by atoms with E-state index in [0.717, 1.165) is 9.87 Å². The Kier molecular flexibility index (Phi) is 10.4. The Morgan fingerprint density at radius 1 is 1.00 bits per heavy atom. The van der Waals surface area contributed by atoms with Crippen LogP contribution in [0.1, 0.15) is 45.7 Å². The lowest BCUT2D eigenvalue weighted by molar-refractivity contribution is -0.140. The van der Waals surface area contributed by atoms with E-state index < -0.39 is 34.1 Å². The molecule has 0 bridgehead atoms. The lowest BCUT2D eigenvalue weighted by Gasteiger charge is -2.33. The number of amides is 2. The van der Waals surface area contributed by atoms with Crippen LogP contribution in [0.4, 0.5) is 5.69 Å². The molecule has 0 heterocycles. The van der Waals surface area contributed by atoms with E-state index in [1.807, 2.05) is 34.6 Å². The quantitative estimate of drug-likeness (QED) is 0.311. The number of halogens is 1. The Morgan fingerprint density at radius 3 is 2.20 bits per heavy atom. The van der Waals surface area contributed by atoms with E-state index in [1.165, 1.54) is 17.0 Å². The number of anilines is 1. The molecule has 8 nitrogen and oxygen atoms in total. The first kappa shape index (κ1) is 32.0. The van der Waals surface area contributed by atoms with Crippen molar-refractivity contribution < 1.29 is 22.7 Å². The Hall–Kier alpha value is -3.56. The molecule has 0 spiro atoms. The molecule has 0 fully saturated rings. The molecule has 0 radical (unpaired) electrons. The molecular formula is C31H38ClN3O5S. The van der Waals surface area contributed by atoms with Crippen LogP contribution in [0.3, 0.4) is 0 Å². The standard InChI is InChI=1S/C31H38ClN3O5S/c1-7-40-27-15-17-28(18-16-27)41(38,39)35(26-13-11-22(2)12-14-26)21-29(36)34(20-24-9-8-10-25(32)19-24)23(3)30(37)33-31(4,5)6/h8-19,23H,7,20-21H2,1-6H3,(H,33,37). The van der Waals surface area contributed by atoms with E-state index in [1.54, 1.807) is 67.6 Å². The smallest absolute Gasteiger partial charge is 0.264 e. The number of nitrogens with zero attached hydrogens (tertiary/aromatic N) is 2. The van der Waals surface area contributed by atoms with Crippen LogP contribution in [-0.4, -0.2) is 49.9 Å². The molecule has 10 heteroatoms. The summed E-state index contributed by atoms with van der Waals surface area (Å²) in [6.07, 6.45) is 0. The average Bonchev–Trinajstić information content (AvgIpc) is 2.90. The van der Waals surface area contributed by atoms with Crippen LogP contribution in [0, 0.1) is 6.92 Å². The lowest BCUT2D eigenvalue weighted by atomic mass is 10.1. The summed E-state index contributed by atoms with van der Waals surface area (Å²) in [7, 11) is -4.17. The van der Waals surface area contributed by atoms with E-state index in [2.05, 4.69) is 5.32 Å². The molecule has 3 rings (SSSR count). The van der Waals surface area contributed by atoms with E-state index in [9.17, 15) is 18.0 Å². The second-order valence-electron chi connectivity index (χ2n) is 10.8. The molecule has 0 aliphatic heterocycles. The highest BCUT2D eigenvalue weighted by Crippen LogP contribution is 2.26. The fourth-order valence-corrected chi connectivity index (χ4v) is 5.76. The van der Waals surface area contributed by atoms with Gasteiger partial charge in [-0.1, -0.05) is 41.4 Å². The van der Waals surface area contributed by atoms with Crippen LogP contribution in [0.15, 0.2) is 77.7 Å². The molecule has 1 N–H and O–H groups in total. The number of sulfonamides is 1. The maximum absolute atomic E-state index is 14.0. The summed E-state index contributed by atoms with van der Waals surface area (Å²) in [4.78, 5) is 28.6. The zero-order chi connectivity index (χ0) is 30.4. The lowest BCUT2D eigenvalue weighted by Crippen LogP contribution is -2.54. The number of aryl methyl sites for hydroxylation is 1. The molecule has 1 unspecified atom stereocenters. The summed E-state index contributed by atoms with van der Waals surface area (Å²) >= 11 is 6.19. The Bertz CT molecular complexity index is 1450. The minimum absolute atomic E-state index is 0.00856. The fourth-order valence-electron chi connectivity index (χ4n) is 4.13. The number of rotatable bonds is 11. The van der Waals surface area contributed by atoms with Gasteiger partial charge in [0.2, 0.25) is 11.8 Å². The van der Waals surface area contributed by atoms with Gasteiger partial charge >= 0.3 is 0 Å². The van der Waals surface area contributed by atoms with Crippen LogP contribution in [-0.2, 0) is 26.2 Å². The summed E-state index contributed by atoms with van der Waals surface area (Å²) < 4.78 is 34.4. The van der Waals surface area contributed by atoms with E-state index in [0.29, 0.717) is 28.6 Å². The highest BCUT2D eigenvalue weighted by molar-refractivity contribution is 7.92. The predicted molar refractivity (Wildman–Crippen MR) is 163 cm³/mol. The van der Waals surface area contributed by atoms with Crippen LogP contribution >= 0.6 is 11.6 Å². The second-order valence-corrected chi connectivity index (χ2v) is 13.1. The first-order chi connectivity index (χ1) is 19.2. The van der Waals surface area contributed by atoms with Crippen LogP contribution < -0.4 is 14.4 Å². The molecule has 3 aromatic carbocycles. The molecule has 0 aromatic heterocycles. The van der Waals surface area contributed by atoms with Crippen molar-refractivity contribution in [2.45, 2.75) is 64.6 Å². The summed E-state index contributed by atoms with van der Waals surface area (Å²) in [5.41, 5.74) is 1.44. The zero-order valence-electron chi connectivity index (χ0n) is 24.3. The number of carbonyl (C=O) groups excluding carboxylic acids is 2. The topological polar surface area (TPSA) is 96.0 Å². The molecule has 2 amide bonds.